The summed E-state index contributed by atoms with van der Waals surface area (Å²) < 4.78 is 4.71. The number of esters is 1. The number of methoxy groups -OCH3 is 1. The lowest BCUT2D eigenvalue weighted by Gasteiger charge is -2.12. The summed E-state index contributed by atoms with van der Waals surface area (Å²) in [6, 6.07) is 9.14. The summed E-state index contributed by atoms with van der Waals surface area (Å²) in [7, 11) is 1.36. The molecule has 2 rings (SSSR count). The van der Waals surface area contributed by atoms with E-state index < -0.39 is 0 Å². The van der Waals surface area contributed by atoms with Crippen LogP contribution >= 0.6 is 0 Å². The molecule has 0 saturated carbocycles. The van der Waals surface area contributed by atoms with Gasteiger partial charge in [0, 0.05) is 17.9 Å². The molecule has 0 amide bonds. The van der Waals surface area contributed by atoms with Crippen LogP contribution < -0.4 is 10.6 Å². The molecule has 1 unspecified atom stereocenters. The predicted molar refractivity (Wildman–Crippen MR) is 86.5 cm³/mol. The number of ether oxygens (including phenoxy) is 1. The Balaban J connectivity index is 2.13. The van der Waals surface area contributed by atoms with E-state index in [1.54, 1.807) is 30.5 Å². The number of aromatic nitrogens is 2. The summed E-state index contributed by atoms with van der Waals surface area (Å²) in [6.45, 7) is 4.17. The van der Waals surface area contributed by atoms with E-state index in [1.807, 2.05) is 6.07 Å². The summed E-state index contributed by atoms with van der Waals surface area (Å²) in [5.41, 5.74) is 1.25. The summed E-state index contributed by atoms with van der Waals surface area (Å²) in [5.74, 6) is 0.858. The average molecular weight is 300 g/mol. The number of rotatable bonds is 6. The molecule has 116 valence electrons. The first-order valence-electron chi connectivity index (χ1n) is 7.17. The van der Waals surface area contributed by atoms with E-state index >= 15 is 0 Å². The summed E-state index contributed by atoms with van der Waals surface area (Å²) in [5, 5.41) is 6.38. The molecule has 0 saturated heterocycles. The Labute approximate surface area is 129 Å². The maximum absolute atomic E-state index is 11.5. The van der Waals surface area contributed by atoms with Crippen LogP contribution in [0.1, 0.15) is 30.6 Å². The van der Waals surface area contributed by atoms with Crippen LogP contribution in [0.2, 0.25) is 0 Å². The standard InChI is InChI=1S/C16H20N4O2/c1-4-11(2)18-16-17-9-8-14(20-16)19-13-7-5-6-12(10-13)15(21)22-3/h5-11H,4H2,1-3H3,(H2,17,18,19,20). The highest BCUT2D eigenvalue weighted by Gasteiger charge is 2.07. The third kappa shape index (κ3) is 4.18. The number of hydrogen-bond donors (Lipinski definition) is 2. The van der Waals surface area contributed by atoms with Crippen LogP contribution in [0.3, 0.4) is 0 Å². The lowest BCUT2D eigenvalue weighted by Crippen LogP contribution is -2.15. The van der Waals surface area contributed by atoms with Gasteiger partial charge < -0.3 is 15.4 Å². The summed E-state index contributed by atoms with van der Waals surface area (Å²) >= 11 is 0. The molecule has 1 aromatic carbocycles. The quantitative estimate of drug-likeness (QED) is 0.798. The van der Waals surface area contributed by atoms with Gasteiger partial charge in [0.15, 0.2) is 0 Å². The Morgan fingerprint density at radius 1 is 1.36 bits per heavy atom. The molecular weight excluding hydrogens is 280 g/mol. The van der Waals surface area contributed by atoms with E-state index in [2.05, 4.69) is 34.4 Å². The normalized spacial score (nSPS) is 11.6. The van der Waals surface area contributed by atoms with Gasteiger partial charge in [0.1, 0.15) is 5.82 Å². The minimum atomic E-state index is -0.370. The first kappa shape index (κ1) is 15.8. The van der Waals surface area contributed by atoms with Gasteiger partial charge in [0.2, 0.25) is 5.95 Å². The second-order valence-corrected chi connectivity index (χ2v) is 4.92. The van der Waals surface area contributed by atoms with Crippen LogP contribution in [-0.4, -0.2) is 29.1 Å². The zero-order chi connectivity index (χ0) is 15.9. The van der Waals surface area contributed by atoms with Crippen LogP contribution in [0, 0.1) is 0 Å². The van der Waals surface area contributed by atoms with Gasteiger partial charge in [-0.1, -0.05) is 13.0 Å². The monoisotopic (exact) mass is 300 g/mol. The van der Waals surface area contributed by atoms with Gasteiger partial charge in [0.05, 0.1) is 12.7 Å². The highest BCUT2D eigenvalue weighted by molar-refractivity contribution is 5.90. The van der Waals surface area contributed by atoms with Gasteiger partial charge >= 0.3 is 5.97 Å². The smallest absolute Gasteiger partial charge is 0.337 e. The second-order valence-electron chi connectivity index (χ2n) is 4.92. The maximum Gasteiger partial charge on any atom is 0.337 e. The van der Waals surface area contributed by atoms with E-state index in [1.165, 1.54) is 7.11 Å². The third-order valence-corrected chi connectivity index (χ3v) is 3.20. The minimum absolute atomic E-state index is 0.304. The molecule has 0 spiro atoms. The van der Waals surface area contributed by atoms with Crippen molar-refractivity contribution in [2.75, 3.05) is 17.7 Å². The Kier molecular flexibility index (Phi) is 5.30. The van der Waals surface area contributed by atoms with E-state index in [4.69, 9.17) is 4.74 Å². The van der Waals surface area contributed by atoms with Gasteiger partial charge in [0.25, 0.3) is 0 Å². The second kappa shape index (κ2) is 7.40. The lowest BCUT2D eigenvalue weighted by molar-refractivity contribution is 0.0601. The number of carbonyl (C=O) groups excluding carboxylic acids is 1. The Morgan fingerprint density at radius 2 is 2.18 bits per heavy atom. The zero-order valence-electron chi connectivity index (χ0n) is 13.0. The fraction of sp³-hybridized carbons (Fsp3) is 0.312. The topological polar surface area (TPSA) is 76.1 Å². The van der Waals surface area contributed by atoms with Gasteiger partial charge in [-0.15, -0.1) is 0 Å². The predicted octanol–water partition coefficient (Wildman–Crippen LogP) is 3.22. The molecule has 2 N–H and O–H groups in total. The molecule has 0 bridgehead atoms. The van der Waals surface area contributed by atoms with E-state index in [0.29, 0.717) is 23.4 Å². The first-order chi connectivity index (χ1) is 10.6. The van der Waals surface area contributed by atoms with Gasteiger partial charge in [-0.2, -0.15) is 4.98 Å². The van der Waals surface area contributed by atoms with Crippen LogP contribution in [0.4, 0.5) is 17.5 Å². The molecule has 0 radical (unpaired) electrons. The van der Waals surface area contributed by atoms with Crippen molar-refractivity contribution in [3.8, 4) is 0 Å². The number of hydrogen-bond acceptors (Lipinski definition) is 6. The number of carbonyl (C=O) groups is 1. The Morgan fingerprint density at radius 3 is 2.91 bits per heavy atom. The minimum Gasteiger partial charge on any atom is -0.465 e. The molecule has 1 heterocycles. The van der Waals surface area contributed by atoms with Crippen molar-refractivity contribution in [3.63, 3.8) is 0 Å². The zero-order valence-corrected chi connectivity index (χ0v) is 13.0. The lowest BCUT2D eigenvalue weighted by atomic mass is 10.2. The highest BCUT2D eigenvalue weighted by Crippen LogP contribution is 2.17. The van der Waals surface area contributed by atoms with Crippen molar-refractivity contribution in [1.29, 1.82) is 0 Å². The maximum atomic E-state index is 11.5. The van der Waals surface area contributed by atoms with Gasteiger partial charge in [-0.05, 0) is 37.6 Å². The van der Waals surface area contributed by atoms with Crippen molar-refractivity contribution >= 4 is 23.4 Å². The van der Waals surface area contributed by atoms with Crippen molar-refractivity contribution in [2.24, 2.45) is 0 Å². The average Bonchev–Trinajstić information content (AvgIpc) is 2.54. The molecule has 2 aromatic rings. The van der Waals surface area contributed by atoms with Gasteiger partial charge in [-0.25, -0.2) is 9.78 Å². The molecule has 0 fully saturated rings. The van der Waals surface area contributed by atoms with Gasteiger partial charge in [-0.3, -0.25) is 0 Å². The molecule has 6 nitrogen and oxygen atoms in total. The van der Waals surface area contributed by atoms with Crippen LogP contribution in [0.25, 0.3) is 0 Å². The molecular formula is C16H20N4O2. The van der Waals surface area contributed by atoms with Crippen LogP contribution in [0.5, 0.6) is 0 Å². The Hall–Kier alpha value is -2.63. The van der Waals surface area contributed by atoms with E-state index in [-0.39, 0.29) is 5.97 Å². The Bertz CT molecular complexity index is 646. The SMILES string of the molecule is CCC(C)Nc1nccc(Nc2cccc(C(=O)OC)c2)n1. The molecule has 0 aliphatic carbocycles. The van der Waals surface area contributed by atoms with Crippen molar-refractivity contribution in [1.82, 2.24) is 9.97 Å². The first-order valence-corrected chi connectivity index (χ1v) is 7.17. The fourth-order valence-corrected chi connectivity index (χ4v) is 1.81. The van der Waals surface area contributed by atoms with Crippen molar-refractivity contribution < 1.29 is 9.53 Å². The molecule has 6 heteroatoms. The van der Waals surface area contributed by atoms with Crippen LogP contribution in [-0.2, 0) is 4.74 Å². The van der Waals surface area contributed by atoms with Crippen molar-refractivity contribution in [3.05, 3.63) is 42.1 Å². The molecule has 0 aliphatic heterocycles. The number of benzene rings is 1. The number of nitrogens with one attached hydrogen (secondary N) is 2. The third-order valence-electron chi connectivity index (χ3n) is 3.20. The number of nitrogens with zero attached hydrogens (tertiary/aromatic N) is 2. The molecule has 1 aromatic heterocycles. The summed E-state index contributed by atoms with van der Waals surface area (Å²) in [4.78, 5) is 20.1. The molecule has 1 atom stereocenters. The van der Waals surface area contributed by atoms with Crippen LogP contribution in [0.15, 0.2) is 36.5 Å². The molecule has 22 heavy (non-hydrogen) atoms. The largest absolute Gasteiger partial charge is 0.465 e. The number of anilines is 3. The van der Waals surface area contributed by atoms with E-state index in [9.17, 15) is 4.79 Å². The van der Waals surface area contributed by atoms with Crippen molar-refractivity contribution in [2.45, 2.75) is 26.3 Å². The van der Waals surface area contributed by atoms with E-state index in [0.717, 1.165) is 12.1 Å². The molecule has 0 aliphatic rings. The highest BCUT2D eigenvalue weighted by atomic mass is 16.5. The summed E-state index contributed by atoms with van der Waals surface area (Å²) in [6.07, 6.45) is 2.67. The fourth-order valence-electron chi connectivity index (χ4n) is 1.81.